The van der Waals surface area contributed by atoms with Crippen molar-refractivity contribution in [2.45, 2.75) is 84.5 Å². The minimum atomic E-state index is 0.152. The van der Waals surface area contributed by atoms with E-state index in [4.69, 9.17) is 0 Å². The number of hydrogen-bond donors (Lipinski definition) is 0. The molecule has 2 aliphatic rings. The number of hydrogen-bond acceptors (Lipinski definition) is 0. The number of allylic oxidation sites excluding steroid dienone is 6. The minimum absolute atomic E-state index is 0.152. The fourth-order valence-electron chi connectivity index (χ4n) is 5.31. The molecule has 2 aromatic carbocycles. The van der Waals surface area contributed by atoms with E-state index in [1.54, 1.807) is 11.1 Å². The fourth-order valence-corrected chi connectivity index (χ4v) is 5.31. The van der Waals surface area contributed by atoms with Gasteiger partial charge in [-0.1, -0.05) is 115 Å². The standard InChI is InChI=1S/C32H40/c1-22(12-8-9-13-23-14-10-11-15-23)30-28-21-24-20-25(31(2,3)4)16-17-26(24)27(28)18-19-29(30)32(5,6)7/h9-11,13-20,22-23H,8,12,21H2,1-7H3. The van der Waals surface area contributed by atoms with Crippen molar-refractivity contribution in [2.24, 2.45) is 5.92 Å². The molecule has 0 nitrogen and oxygen atoms in total. The highest BCUT2D eigenvalue weighted by atomic mass is 14.3. The van der Waals surface area contributed by atoms with Gasteiger partial charge < -0.3 is 0 Å². The molecule has 4 rings (SSSR count). The van der Waals surface area contributed by atoms with Gasteiger partial charge >= 0.3 is 0 Å². The molecule has 0 heteroatoms. The highest BCUT2D eigenvalue weighted by molar-refractivity contribution is 5.79. The topological polar surface area (TPSA) is 0 Å². The summed E-state index contributed by atoms with van der Waals surface area (Å²) in [5.41, 5.74) is 10.9. The Labute approximate surface area is 196 Å². The molecule has 1 atom stereocenters. The van der Waals surface area contributed by atoms with Crippen LogP contribution in [-0.2, 0) is 17.3 Å². The third-order valence-corrected chi connectivity index (χ3v) is 7.19. The van der Waals surface area contributed by atoms with E-state index in [1.165, 1.54) is 34.2 Å². The van der Waals surface area contributed by atoms with Gasteiger partial charge in [0, 0.05) is 5.92 Å². The van der Waals surface area contributed by atoms with Crippen LogP contribution in [-0.4, -0.2) is 0 Å². The Hall–Kier alpha value is -2.34. The van der Waals surface area contributed by atoms with Gasteiger partial charge in [-0.2, -0.15) is 0 Å². The van der Waals surface area contributed by atoms with Crippen molar-refractivity contribution >= 4 is 0 Å². The molecular weight excluding hydrogens is 384 g/mol. The van der Waals surface area contributed by atoms with Crippen molar-refractivity contribution in [1.82, 2.24) is 0 Å². The van der Waals surface area contributed by atoms with Crippen LogP contribution in [0, 0.1) is 5.92 Å². The van der Waals surface area contributed by atoms with E-state index in [2.05, 4.69) is 115 Å². The zero-order valence-corrected chi connectivity index (χ0v) is 21.1. The average Bonchev–Trinajstić information content (AvgIpc) is 3.35. The molecule has 0 radical (unpaired) electrons. The molecule has 0 fully saturated rings. The summed E-state index contributed by atoms with van der Waals surface area (Å²) in [6.07, 6.45) is 16.9. The van der Waals surface area contributed by atoms with Gasteiger partial charge in [0.05, 0.1) is 0 Å². The third kappa shape index (κ3) is 4.56. The van der Waals surface area contributed by atoms with Crippen LogP contribution in [0.3, 0.4) is 0 Å². The molecule has 0 bridgehead atoms. The third-order valence-electron chi connectivity index (χ3n) is 7.19. The van der Waals surface area contributed by atoms with Crippen LogP contribution < -0.4 is 0 Å². The number of fused-ring (bicyclic) bond motifs is 3. The van der Waals surface area contributed by atoms with Crippen molar-refractivity contribution in [3.05, 3.63) is 94.6 Å². The molecule has 1 unspecified atom stereocenters. The van der Waals surface area contributed by atoms with E-state index in [9.17, 15) is 0 Å². The van der Waals surface area contributed by atoms with E-state index < -0.39 is 0 Å². The summed E-state index contributed by atoms with van der Waals surface area (Å²) >= 11 is 0. The first-order valence-corrected chi connectivity index (χ1v) is 12.4. The average molecular weight is 425 g/mol. The maximum Gasteiger partial charge on any atom is 0.0133 e. The second-order valence-electron chi connectivity index (χ2n) is 11.9. The number of benzene rings is 2. The number of rotatable bonds is 5. The summed E-state index contributed by atoms with van der Waals surface area (Å²) in [5, 5.41) is 0. The summed E-state index contributed by atoms with van der Waals surface area (Å²) in [7, 11) is 0. The summed E-state index contributed by atoms with van der Waals surface area (Å²) in [5.74, 6) is 1.04. The van der Waals surface area contributed by atoms with Crippen LogP contribution in [0.5, 0.6) is 0 Å². The van der Waals surface area contributed by atoms with Gasteiger partial charge in [-0.05, 0) is 75.0 Å². The molecule has 2 aromatic rings. The van der Waals surface area contributed by atoms with Gasteiger partial charge in [0.1, 0.15) is 0 Å². The Balaban J connectivity index is 1.66. The Morgan fingerprint density at radius 3 is 2.25 bits per heavy atom. The molecule has 0 amide bonds. The zero-order valence-electron chi connectivity index (χ0n) is 21.1. The van der Waals surface area contributed by atoms with Crippen molar-refractivity contribution < 1.29 is 0 Å². The van der Waals surface area contributed by atoms with Crippen LogP contribution in [0.2, 0.25) is 0 Å². The Morgan fingerprint density at radius 1 is 0.906 bits per heavy atom. The Kier molecular flexibility index (Phi) is 6.10. The van der Waals surface area contributed by atoms with Crippen molar-refractivity contribution in [3.8, 4) is 11.1 Å². The quantitative estimate of drug-likeness (QED) is 0.358. The summed E-state index contributed by atoms with van der Waals surface area (Å²) in [4.78, 5) is 0. The van der Waals surface area contributed by atoms with Crippen LogP contribution in [0.4, 0.5) is 0 Å². The van der Waals surface area contributed by atoms with Crippen LogP contribution in [0.25, 0.3) is 11.1 Å². The second-order valence-corrected chi connectivity index (χ2v) is 11.9. The van der Waals surface area contributed by atoms with E-state index in [1.807, 2.05) is 0 Å². The summed E-state index contributed by atoms with van der Waals surface area (Å²) in [6.45, 7) is 16.5. The first-order valence-electron chi connectivity index (χ1n) is 12.4. The first kappa shape index (κ1) is 22.8. The SMILES string of the molecule is CC(CCC=CC1C=CC=C1)c1c(C(C)(C)C)ccc2c1Cc1cc(C(C)(C)C)ccc1-2. The lowest BCUT2D eigenvalue weighted by Crippen LogP contribution is -2.17. The Morgan fingerprint density at radius 2 is 1.59 bits per heavy atom. The van der Waals surface area contributed by atoms with E-state index in [0.29, 0.717) is 11.8 Å². The highest BCUT2D eigenvalue weighted by Crippen LogP contribution is 2.46. The zero-order chi connectivity index (χ0) is 23.1. The van der Waals surface area contributed by atoms with Crippen LogP contribution in [0.15, 0.2) is 66.8 Å². The highest BCUT2D eigenvalue weighted by Gasteiger charge is 2.30. The normalized spacial score (nSPS) is 16.7. The smallest absolute Gasteiger partial charge is 0.0133 e. The van der Waals surface area contributed by atoms with Gasteiger partial charge in [-0.3, -0.25) is 0 Å². The maximum atomic E-state index is 2.46. The molecule has 2 aliphatic carbocycles. The molecule has 0 saturated heterocycles. The van der Waals surface area contributed by atoms with E-state index in [-0.39, 0.29) is 10.8 Å². The van der Waals surface area contributed by atoms with Crippen molar-refractivity contribution in [1.29, 1.82) is 0 Å². The van der Waals surface area contributed by atoms with Crippen molar-refractivity contribution in [3.63, 3.8) is 0 Å². The summed E-state index contributed by atoms with van der Waals surface area (Å²) in [6, 6.07) is 12.0. The lowest BCUT2D eigenvalue weighted by molar-refractivity contribution is 0.565. The van der Waals surface area contributed by atoms with Gasteiger partial charge in [-0.15, -0.1) is 0 Å². The monoisotopic (exact) mass is 424 g/mol. The lowest BCUT2D eigenvalue weighted by atomic mass is 9.76. The van der Waals surface area contributed by atoms with Gasteiger partial charge in [0.2, 0.25) is 0 Å². The predicted molar refractivity (Wildman–Crippen MR) is 141 cm³/mol. The van der Waals surface area contributed by atoms with E-state index in [0.717, 1.165) is 12.8 Å². The summed E-state index contributed by atoms with van der Waals surface area (Å²) < 4.78 is 0. The molecule has 32 heavy (non-hydrogen) atoms. The lowest BCUT2D eigenvalue weighted by Gasteiger charge is -2.28. The molecule has 168 valence electrons. The Bertz CT molecular complexity index is 1060. The molecule has 0 aliphatic heterocycles. The molecule has 0 aromatic heterocycles. The van der Waals surface area contributed by atoms with Crippen LogP contribution in [0.1, 0.15) is 95.0 Å². The van der Waals surface area contributed by atoms with Gasteiger partial charge in [0.25, 0.3) is 0 Å². The first-order chi connectivity index (χ1) is 15.1. The minimum Gasteiger partial charge on any atom is -0.0876 e. The molecule has 0 heterocycles. The molecule has 0 spiro atoms. The second kappa shape index (κ2) is 8.54. The predicted octanol–water partition coefficient (Wildman–Crippen LogP) is 9.03. The molecular formula is C32H40. The van der Waals surface area contributed by atoms with E-state index >= 15 is 0 Å². The van der Waals surface area contributed by atoms with Gasteiger partial charge in [-0.25, -0.2) is 0 Å². The molecule has 0 N–H and O–H groups in total. The maximum absolute atomic E-state index is 2.46. The largest absolute Gasteiger partial charge is 0.0876 e. The molecule has 0 saturated carbocycles. The van der Waals surface area contributed by atoms with Gasteiger partial charge in [0.15, 0.2) is 0 Å². The fraction of sp³-hybridized carbons (Fsp3) is 0.438. The van der Waals surface area contributed by atoms with Crippen molar-refractivity contribution in [2.75, 3.05) is 0 Å². The van der Waals surface area contributed by atoms with Crippen LogP contribution >= 0.6 is 0 Å².